The molecule has 1 N–H and O–H groups in total. The van der Waals surface area contributed by atoms with Gasteiger partial charge in [-0.15, -0.1) is 0 Å². The van der Waals surface area contributed by atoms with Gasteiger partial charge in [-0.05, 0) is 5.56 Å². The SMILES string of the molecule is O=C(CN1C(=O)C(=O)N(Cc2ccccc2)C1=O)NCC(F)(F)F. The first-order valence-electron chi connectivity index (χ1n) is 6.74. The van der Waals surface area contributed by atoms with E-state index in [2.05, 4.69) is 0 Å². The monoisotopic (exact) mass is 343 g/mol. The molecule has 1 aliphatic rings. The van der Waals surface area contributed by atoms with Gasteiger partial charge in [0.2, 0.25) is 5.91 Å². The van der Waals surface area contributed by atoms with E-state index < -0.39 is 43.0 Å². The third kappa shape index (κ3) is 4.09. The lowest BCUT2D eigenvalue weighted by molar-refractivity contribution is -0.145. The molecule has 1 aromatic carbocycles. The van der Waals surface area contributed by atoms with Crippen molar-refractivity contribution in [2.45, 2.75) is 12.7 Å². The second-order valence-electron chi connectivity index (χ2n) is 4.94. The Morgan fingerprint density at radius 2 is 1.58 bits per heavy atom. The van der Waals surface area contributed by atoms with Gasteiger partial charge in [0.15, 0.2) is 0 Å². The van der Waals surface area contributed by atoms with Crippen molar-refractivity contribution >= 4 is 23.8 Å². The highest BCUT2D eigenvalue weighted by Gasteiger charge is 2.45. The molecule has 7 nitrogen and oxygen atoms in total. The van der Waals surface area contributed by atoms with Crippen LogP contribution in [0.3, 0.4) is 0 Å². The maximum atomic E-state index is 12.1. The first-order valence-corrected chi connectivity index (χ1v) is 6.74. The summed E-state index contributed by atoms with van der Waals surface area (Å²) in [6, 6.07) is 7.28. The molecule has 0 saturated carbocycles. The lowest BCUT2D eigenvalue weighted by Crippen LogP contribution is -2.43. The third-order valence-corrected chi connectivity index (χ3v) is 3.11. The summed E-state index contributed by atoms with van der Waals surface area (Å²) in [4.78, 5) is 48.0. The van der Waals surface area contributed by atoms with Crippen molar-refractivity contribution in [2.24, 2.45) is 0 Å². The van der Waals surface area contributed by atoms with Gasteiger partial charge in [-0.1, -0.05) is 30.3 Å². The molecule has 24 heavy (non-hydrogen) atoms. The van der Waals surface area contributed by atoms with E-state index >= 15 is 0 Å². The molecule has 0 aliphatic carbocycles. The minimum Gasteiger partial charge on any atom is -0.345 e. The normalized spacial score (nSPS) is 15.2. The van der Waals surface area contributed by atoms with Crippen LogP contribution in [0.4, 0.5) is 18.0 Å². The van der Waals surface area contributed by atoms with Crippen LogP contribution in [0.25, 0.3) is 0 Å². The molecular formula is C14H12F3N3O4. The fraction of sp³-hybridized carbons (Fsp3) is 0.286. The van der Waals surface area contributed by atoms with Crippen LogP contribution in [0.5, 0.6) is 0 Å². The Hall–Kier alpha value is -2.91. The topological polar surface area (TPSA) is 86.8 Å². The second-order valence-corrected chi connectivity index (χ2v) is 4.94. The first kappa shape index (κ1) is 17.4. The number of carbonyl (C=O) groups excluding carboxylic acids is 4. The van der Waals surface area contributed by atoms with Crippen LogP contribution >= 0.6 is 0 Å². The van der Waals surface area contributed by atoms with Crippen molar-refractivity contribution in [1.82, 2.24) is 15.1 Å². The summed E-state index contributed by atoms with van der Waals surface area (Å²) in [5.41, 5.74) is 0.579. The van der Waals surface area contributed by atoms with E-state index in [0.29, 0.717) is 15.4 Å². The van der Waals surface area contributed by atoms with Gasteiger partial charge in [-0.3, -0.25) is 19.3 Å². The summed E-state index contributed by atoms with van der Waals surface area (Å²) in [5.74, 6) is -3.58. The van der Waals surface area contributed by atoms with Gasteiger partial charge in [0.25, 0.3) is 0 Å². The van der Waals surface area contributed by atoms with Crippen molar-refractivity contribution in [3.8, 4) is 0 Å². The van der Waals surface area contributed by atoms with Crippen LogP contribution in [0.15, 0.2) is 30.3 Å². The summed E-state index contributed by atoms with van der Waals surface area (Å²) < 4.78 is 36.1. The molecule has 5 amide bonds. The average Bonchev–Trinajstić information content (AvgIpc) is 2.71. The molecule has 0 radical (unpaired) electrons. The highest BCUT2D eigenvalue weighted by molar-refractivity contribution is 6.44. The third-order valence-electron chi connectivity index (χ3n) is 3.11. The molecule has 1 aliphatic heterocycles. The molecule has 10 heteroatoms. The van der Waals surface area contributed by atoms with Crippen LogP contribution in [0.2, 0.25) is 0 Å². The lowest BCUT2D eigenvalue weighted by atomic mass is 10.2. The van der Waals surface area contributed by atoms with E-state index in [9.17, 15) is 32.3 Å². The number of nitrogens with one attached hydrogen (secondary N) is 1. The van der Waals surface area contributed by atoms with Gasteiger partial charge >= 0.3 is 24.0 Å². The predicted octanol–water partition coefficient (Wildman–Crippen LogP) is 0.656. The maximum Gasteiger partial charge on any atom is 0.405 e. The molecule has 0 aromatic heterocycles. The summed E-state index contributed by atoms with van der Waals surface area (Å²) in [6.45, 7) is -2.72. The van der Waals surface area contributed by atoms with Gasteiger partial charge in [0.1, 0.15) is 13.1 Å². The summed E-state index contributed by atoms with van der Waals surface area (Å²) in [7, 11) is 0. The number of benzene rings is 1. The number of nitrogens with zero attached hydrogens (tertiary/aromatic N) is 2. The number of urea groups is 1. The van der Waals surface area contributed by atoms with Crippen molar-refractivity contribution in [3.63, 3.8) is 0 Å². The van der Waals surface area contributed by atoms with Gasteiger partial charge < -0.3 is 5.32 Å². The molecule has 0 spiro atoms. The Morgan fingerprint density at radius 3 is 2.17 bits per heavy atom. The fourth-order valence-electron chi connectivity index (χ4n) is 1.99. The molecule has 128 valence electrons. The number of rotatable bonds is 5. The minimum absolute atomic E-state index is 0.176. The van der Waals surface area contributed by atoms with E-state index in [4.69, 9.17) is 0 Å². The zero-order valence-electron chi connectivity index (χ0n) is 12.2. The number of alkyl halides is 3. The Morgan fingerprint density at radius 1 is 1.00 bits per heavy atom. The molecule has 1 aromatic rings. The minimum atomic E-state index is -4.62. The fourth-order valence-corrected chi connectivity index (χ4v) is 1.99. The van der Waals surface area contributed by atoms with Gasteiger partial charge in [0, 0.05) is 0 Å². The number of hydrogen-bond acceptors (Lipinski definition) is 4. The quantitative estimate of drug-likeness (QED) is 0.628. The van der Waals surface area contributed by atoms with Gasteiger partial charge in [-0.25, -0.2) is 9.69 Å². The largest absolute Gasteiger partial charge is 0.405 e. The molecule has 0 atom stereocenters. The van der Waals surface area contributed by atoms with Crippen LogP contribution in [0, 0.1) is 0 Å². The molecule has 1 saturated heterocycles. The molecule has 1 fully saturated rings. The number of imide groups is 2. The van der Waals surface area contributed by atoms with E-state index in [1.807, 2.05) is 0 Å². The van der Waals surface area contributed by atoms with Crippen molar-refractivity contribution in [2.75, 3.05) is 13.1 Å². The average molecular weight is 343 g/mol. The first-order chi connectivity index (χ1) is 11.2. The van der Waals surface area contributed by atoms with Crippen molar-refractivity contribution < 1.29 is 32.3 Å². The summed E-state index contributed by atoms with van der Waals surface area (Å²) in [5, 5.41) is 1.53. The van der Waals surface area contributed by atoms with Crippen LogP contribution < -0.4 is 5.32 Å². The maximum absolute atomic E-state index is 12.1. The number of hydrogen-bond donors (Lipinski definition) is 1. The lowest BCUT2D eigenvalue weighted by Gasteiger charge is -2.15. The van der Waals surface area contributed by atoms with E-state index in [0.717, 1.165) is 0 Å². The Kier molecular flexibility index (Phi) is 4.86. The Labute approximate surface area is 134 Å². The number of halogens is 3. The van der Waals surface area contributed by atoms with Crippen molar-refractivity contribution in [3.05, 3.63) is 35.9 Å². The van der Waals surface area contributed by atoms with Crippen LogP contribution in [-0.4, -0.2) is 52.8 Å². The van der Waals surface area contributed by atoms with E-state index in [1.165, 1.54) is 5.32 Å². The number of amides is 5. The smallest absolute Gasteiger partial charge is 0.345 e. The summed E-state index contributed by atoms with van der Waals surface area (Å²) >= 11 is 0. The van der Waals surface area contributed by atoms with Gasteiger partial charge in [-0.2, -0.15) is 13.2 Å². The van der Waals surface area contributed by atoms with E-state index in [-0.39, 0.29) is 6.54 Å². The molecule has 0 unspecified atom stereocenters. The molecule has 0 bridgehead atoms. The molecule has 2 rings (SSSR count). The Balaban J connectivity index is 2.02. The van der Waals surface area contributed by atoms with Gasteiger partial charge in [0.05, 0.1) is 6.54 Å². The molecular weight excluding hydrogens is 331 g/mol. The summed E-state index contributed by atoms with van der Waals surface area (Å²) in [6.07, 6.45) is -4.62. The highest BCUT2D eigenvalue weighted by Crippen LogP contribution is 2.16. The Bertz CT molecular complexity index is 676. The zero-order chi connectivity index (χ0) is 17.9. The van der Waals surface area contributed by atoms with Crippen LogP contribution in [-0.2, 0) is 20.9 Å². The zero-order valence-corrected chi connectivity index (χ0v) is 12.2. The molecule has 1 heterocycles. The highest BCUT2D eigenvalue weighted by atomic mass is 19.4. The van der Waals surface area contributed by atoms with E-state index in [1.54, 1.807) is 30.3 Å². The second kappa shape index (κ2) is 6.69. The van der Waals surface area contributed by atoms with Crippen molar-refractivity contribution in [1.29, 1.82) is 0 Å². The number of carbonyl (C=O) groups is 4. The van der Waals surface area contributed by atoms with Crippen LogP contribution in [0.1, 0.15) is 5.56 Å². The predicted molar refractivity (Wildman–Crippen MR) is 73.2 cm³/mol. The standard InChI is InChI=1S/C14H12F3N3O4/c15-14(16,17)8-18-10(21)7-20-12(23)11(22)19(13(20)24)6-9-4-2-1-3-5-9/h1-5H,6-8H2,(H,18,21).